The zero-order valence-electron chi connectivity index (χ0n) is 10.3. The zero-order valence-corrected chi connectivity index (χ0v) is 10.3. The lowest BCUT2D eigenvalue weighted by Crippen LogP contribution is -2.54. The summed E-state index contributed by atoms with van der Waals surface area (Å²) in [6, 6.07) is 3.92. The van der Waals surface area contributed by atoms with Gasteiger partial charge in [0.15, 0.2) is 6.29 Å². The van der Waals surface area contributed by atoms with Crippen LogP contribution in [-0.4, -0.2) is 36.2 Å². The molecule has 1 N–H and O–H groups in total. The molecule has 100 valence electrons. The normalized spacial score (nSPS) is 18.9. The summed E-state index contributed by atoms with van der Waals surface area (Å²) in [5.41, 5.74) is 0.420. The number of carbonyl (C=O) groups is 2. The Morgan fingerprint density at radius 2 is 2.26 bits per heavy atom. The number of nitrogens with one attached hydrogen (secondary N) is 1. The van der Waals surface area contributed by atoms with E-state index < -0.39 is 4.92 Å². The summed E-state index contributed by atoms with van der Waals surface area (Å²) in [7, 11) is 0. The van der Waals surface area contributed by atoms with Crippen molar-refractivity contribution >= 4 is 23.6 Å². The Balaban J connectivity index is 2.38. The van der Waals surface area contributed by atoms with Crippen molar-refractivity contribution in [2.45, 2.75) is 13.0 Å². The number of benzene rings is 1. The van der Waals surface area contributed by atoms with Crippen molar-refractivity contribution in [1.29, 1.82) is 0 Å². The third-order valence-corrected chi connectivity index (χ3v) is 3.17. The minimum atomic E-state index is -0.597. The van der Waals surface area contributed by atoms with Crippen LogP contribution in [0.25, 0.3) is 0 Å². The van der Waals surface area contributed by atoms with Gasteiger partial charge in [0.1, 0.15) is 6.04 Å². The molecule has 1 aromatic carbocycles. The van der Waals surface area contributed by atoms with Crippen LogP contribution in [0.15, 0.2) is 18.2 Å². The van der Waals surface area contributed by atoms with Crippen LogP contribution in [0.3, 0.4) is 0 Å². The first-order valence-electron chi connectivity index (χ1n) is 5.82. The monoisotopic (exact) mass is 263 g/mol. The summed E-state index contributed by atoms with van der Waals surface area (Å²) in [5, 5.41) is 13.5. The number of hydrogen-bond acceptors (Lipinski definition) is 5. The molecule has 1 aliphatic rings. The lowest BCUT2D eigenvalue weighted by atomic mass is 10.1. The molecule has 0 saturated carbocycles. The highest BCUT2D eigenvalue weighted by molar-refractivity contribution is 5.88. The molecule has 0 aromatic heterocycles. The fourth-order valence-electron chi connectivity index (χ4n) is 2.12. The topological polar surface area (TPSA) is 92.6 Å². The Morgan fingerprint density at radius 1 is 1.53 bits per heavy atom. The van der Waals surface area contributed by atoms with Crippen molar-refractivity contribution in [3.05, 3.63) is 33.9 Å². The third-order valence-electron chi connectivity index (χ3n) is 3.17. The number of carbonyl (C=O) groups excluding carboxylic acids is 2. The van der Waals surface area contributed by atoms with E-state index in [9.17, 15) is 19.7 Å². The minimum Gasteiger partial charge on any atom is -0.358 e. The van der Waals surface area contributed by atoms with E-state index in [-0.39, 0.29) is 23.2 Å². The third kappa shape index (κ3) is 2.40. The van der Waals surface area contributed by atoms with Gasteiger partial charge in [0.25, 0.3) is 5.69 Å². The summed E-state index contributed by atoms with van der Waals surface area (Å²) >= 11 is 0. The van der Waals surface area contributed by atoms with E-state index in [2.05, 4.69) is 5.32 Å². The average molecular weight is 263 g/mol. The minimum absolute atomic E-state index is 0.0145. The molecule has 1 amide bonds. The lowest BCUT2D eigenvalue weighted by Gasteiger charge is -2.34. The fraction of sp³-hybridized carbons (Fsp3) is 0.333. The van der Waals surface area contributed by atoms with Gasteiger partial charge in [-0.25, -0.2) is 0 Å². The van der Waals surface area contributed by atoms with Crippen molar-refractivity contribution in [3.8, 4) is 0 Å². The lowest BCUT2D eigenvalue weighted by molar-refractivity contribution is -0.385. The van der Waals surface area contributed by atoms with Crippen LogP contribution in [0.5, 0.6) is 0 Å². The van der Waals surface area contributed by atoms with Crippen molar-refractivity contribution in [2.24, 2.45) is 0 Å². The van der Waals surface area contributed by atoms with Gasteiger partial charge in [0.2, 0.25) is 5.91 Å². The first kappa shape index (κ1) is 13.0. The van der Waals surface area contributed by atoms with Gasteiger partial charge < -0.3 is 10.2 Å². The molecular weight excluding hydrogens is 250 g/mol. The average Bonchev–Trinajstić information content (AvgIpc) is 2.41. The van der Waals surface area contributed by atoms with Crippen LogP contribution in [-0.2, 0) is 4.79 Å². The van der Waals surface area contributed by atoms with Gasteiger partial charge in [0, 0.05) is 24.8 Å². The maximum atomic E-state index is 11.6. The van der Waals surface area contributed by atoms with E-state index in [1.54, 1.807) is 13.0 Å². The number of amides is 1. The highest BCUT2D eigenvalue weighted by atomic mass is 16.6. The summed E-state index contributed by atoms with van der Waals surface area (Å²) in [5.74, 6) is -0.0998. The van der Waals surface area contributed by atoms with Crippen LogP contribution < -0.4 is 10.2 Å². The Bertz CT molecular complexity index is 544. The first-order chi connectivity index (χ1) is 9.04. The molecule has 1 heterocycles. The standard InChI is InChI=1S/C12H13N3O4/c1-8-12(17)13-4-5-14(8)10-2-3-11(15(18)19)9(6-10)7-16/h2-3,6-8H,4-5H2,1H3,(H,13,17). The maximum absolute atomic E-state index is 11.6. The van der Waals surface area contributed by atoms with E-state index >= 15 is 0 Å². The van der Waals surface area contributed by atoms with Crippen molar-refractivity contribution in [2.75, 3.05) is 18.0 Å². The highest BCUT2D eigenvalue weighted by Gasteiger charge is 2.26. The van der Waals surface area contributed by atoms with Crippen LogP contribution >= 0.6 is 0 Å². The van der Waals surface area contributed by atoms with Crippen LogP contribution in [0.4, 0.5) is 11.4 Å². The second kappa shape index (κ2) is 5.05. The van der Waals surface area contributed by atoms with Gasteiger partial charge in [-0.05, 0) is 19.1 Å². The Labute approximate surface area is 109 Å². The number of aldehydes is 1. The number of anilines is 1. The molecule has 0 radical (unpaired) electrons. The number of rotatable bonds is 3. The van der Waals surface area contributed by atoms with Gasteiger partial charge in [-0.15, -0.1) is 0 Å². The summed E-state index contributed by atoms with van der Waals surface area (Å²) in [6.07, 6.45) is 0.455. The maximum Gasteiger partial charge on any atom is 0.280 e. The predicted molar refractivity (Wildman–Crippen MR) is 68.3 cm³/mol. The number of nitro groups is 1. The predicted octanol–water partition coefficient (Wildman–Crippen LogP) is 0.732. The SMILES string of the molecule is CC1C(=O)NCCN1c1ccc([N+](=O)[O-])c(C=O)c1. The second-order valence-corrected chi connectivity index (χ2v) is 4.28. The van der Waals surface area contributed by atoms with E-state index in [4.69, 9.17) is 0 Å². The van der Waals surface area contributed by atoms with Gasteiger partial charge >= 0.3 is 0 Å². The Hall–Kier alpha value is -2.44. The number of piperazine rings is 1. The molecule has 1 fully saturated rings. The molecule has 1 aromatic rings. The quantitative estimate of drug-likeness (QED) is 0.493. The molecule has 1 atom stereocenters. The molecule has 7 nitrogen and oxygen atoms in total. The van der Waals surface area contributed by atoms with Gasteiger partial charge in [-0.3, -0.25) is 19.7 Å². The largest absolute Gasteiger partial charge is 0.358 e. The van der Waals surface area contributed by atoms with Gasteiger partial charge in [0.05, 0.1) is 10.5 Å². The van der Waals surface area contributed by atoms with E-state index in [1.165, 1.54) is 12.1 Å². The molecule has 7 heteroatoms. The van der Waals surface area contributed by atoms with Crippen molar-refractivity contribution in [3.63, 3.8) is 0 Å². The van der Waals surface area contributed by atoms with Crippen LogP contribution in [0.2, 0.25) is 0 Å². The summed E-state index contributed by atoms with van der Waals surface area (Å²) < 4.78 is 0. The van der Waals surface area contributed by atoms with E-state index in [0.29, 0.717) is 25.1 Å². The van der Waals surface area contributed by atoms with Crippen molar-refractivity contribution < 1.29 is 14.5 Å². The molecule has 0 spiro atoms. The zero-order chi connectivity index (χ0) is 14.0. The van der Waals surface area contributed by atoms with Crippen molar-refractivity contribution in [1.82, 2.24) is 5.32 Å². The molecule has 1 aliphatic heterocycles. The Kier molecular flexibility index (Phi) is 3.46. The van der Waals surface area contributed by atoms with E-state index in [1.807, 2.05) is 4.90 Å². The molecule has 0 aliphatic carbocycles. The molecule has 2 rings (SSSR count). The molecule has 1 unspecified atom stereocenters. The number of nitrogens with zero attached hydrogens (tertiary/aromatic N) is 2. The molecular formula is C12H13N3O4. The Morgan fingerprint density at radius 3 is 2.89 bits per heavy atom. The highest BCUT2D eigenvalue weighted by Crippen LogP contribution is 2.25. The molecule has 0 bridgehead atoms. The fourth-order valence-corrected chi connectivity index (χ4v) is 2.12. The smallest absolute Gasteiger partial charge is 0.280 e. The van der Waals surface area contributed by atoms with Gasteiger partial charge in [-0.2, -0.15) is 0 Å². The van der Waals surface area contributed by atoms with Crippen LogP contribution in [0.1, 0.15) is 17.3 Å². The summed E-state index contributed by atoms with van der Waals surface area (Å²) in [6.45, 7) is 2.86. The second-order valence-electron chi connectivity index (χ2n) is 4.28. The van der Waals surface area contributed by atoms with E-state index in [0.717, 1.165) is 0 Å². The van der Waals surface area contributed by atoms with Crippen LogP contribution in [0, 0.1) is 10.1 Å². The summed E-state index contributed by atoms with van der Waals surface area (Å²) in [4.78, 5) is 34.5. The number of hydrogen-bond donors (Lipinski definition) is 1. The van der Waals surface area contributed by atoms with Gasteiger partial charge in [-0.1, -0.05) is 0 Å². The number of nitro benzene ring substituents is 1. The molecule has 1 saturated heterocycles. The molecule has 19 heavy (non-hydrogen) atoms. The first-order valence-corrected chi connectivity index (χ1v) is 5.82.